The number of methoxy groups -OCH3 is 2. The highest BCUT2D eigenvalue weighted by Crippen LogP contribution is 2.39. The summed E-state index contributed by atoms with van der Waals surface area (Å²) in [5.41, 5.74) is 4.16. The van der Waals surface area contributed by atoms with Crippen LogP contribution < -0.4 is 14.8 Å². The molecule has 0 bridgehead atoms. The quantitative estimate of drug-likeness (QED) is 0.827. The van der Waals surface area contributed by atoms with Crippen molar-refractivity contribution in [3.05, 3.63) is 58.7 Å². The number of ether oxygens (including phenoxy) is 2. The third-order valence-corrected chi connectivity index (χ3v) is 5.65. The van der Waals surface area contributed by atoms with Crippen molar-refractivity contribution in [1.82, 2.24) is 10.2 Å². The van der Waals surface area contributed by atoms with Gasteiger partial charge in [-0.3, -0.25) is 9.69 Å². The molecule has 0 saturated carbocycles. The summed E-state index contributed by atoms with van der Waals surface area (Å²) >= 11 is 0. The Bertz CT molecular complexity index is 850. The first-order valence-electron chi connectivity index (χ1n) is 9.85. The smallest absolute Gasteiger partial charge is 0.251 e. The van der Waals surface area contributed by atoms with Crippen LogP contribution >= 0.6 is 0 Å². The fourth-order valence-electron chi connectivity index (χ4n) is 4.16. The average Bonchev–Trinajstić information content (AvgIpc) is 2.71. The molecule has 3 rings (SSSR count). The molecule has 0 radical (unpaired) electrons. The van der Waals surface area contributed by atoms with Crippen LogP contribution in [0, 0.1) is 6.92 Å². The number of aryl methyl sites for hydroxylation is 1. The second-order valence-corrected chi connectivity index (χ2v) is 7.31. The lowest BCUT2D eigenvalue weighted by atomic mass is 9.88. The highest BCUT2D eigenvalue weighted by atomic mass is 16.5. The molecule has 5 heteroatoms. The third kappa shape index (κ3) is 3.85. The summed E-state index contributed by atoms with van der Waals surface area (Å²) in [6.07, 6.45) is 0.957. The van der Waals surface area contributed by atoms with Gasteiger partial charge in [0.2, 0.25) is 0 Å². The Labute approximate surface area is 167 Å². The molecule has 0 unspecified atom stereocenters. The molecule has 28 heavy (non-hydrogen) atoms. The Morgan fingerprint density at radius 1 is 1.21 bits per heavy atom. The van der Waals surface area contributed by atoms with Gasteiger partial charge in [-0.2, -0.15) is 0 Å². The van der Waals surface area contributed by atoms with Crippen LogP contribution in [0.15, 0.2) is 36.4 Å². The van der Waals surface area contributed by atoms with Gasteiger partial charge in [0.15, 0.2) is 11.5 Å². The van der Waals surface area contributed by atoms with E-state index in [4.69, 9.17) is 9.47 Å². The molecule has 1 heterocycles. The Morgan fingerprint density at radius 2 is 1.89 bits per heavy atom. The van der Waals surface area contributed by atoms with Crippen molar-refractivity contribution in [3.63, 3.8) is 0 Å². The van der Waals surface area contributed by atoms with E-state index in [1.54, 1.807) is 14.2 Å². The molecule has 2 aromatic rings. The summed E-state index contributed by atoms with van der Waals surface area (Å²) in [6, 6.07) is 11.9. The van der Waals surface area contributed by atoms with Crippen molar-refractivity contribution in [2.45, 2.75) is 39.3 Å². The molecule has 1 N–H and O–H groups in total. The minimum atomic E-state index is -0.0517. The first kappa shape index (κ1) is 20.2. The number of rotatable bonds is 6. The highest BCUT2D eigenvalue weighted by molar-refractivity contribution is 5.95. The summed E-state index contributed by atoms with van der Waals surface area (Å²) in [4.78, 5) is 15.3. The van der Waals surface area contributed by atoms with Gasteiger partial charge in [0.05, 0.1) is 20.3 Å². The molecule has 5 nitrogen and oxygen atoms in total. The third-order valence-electron chi connectivity index (χ3n) is 5.65. The Hall–Kier alpha value is -2.53. The Kier molecular flexibility index (Phi) is 6.25. The number of nitrogens with zero attached hydrogens (tertiary/aromatic N) is 1. The number of carbonyl (C=O) groups is 1. The van der Waals surface area contributed by atoms with Crippen molar-refractivity contribution in [1.29, 1.82) is 0 Å². The van der Waals surface area contributed by atoms with E-state index in [2.05, 4.69) is 36.2 Å². The number of nitrogens with one attached hydrogen (secondary N) is 1. The lowest BCUT2D eigenvalue weighted by molar-refractivity contribution is 0.0889. The molecule has 0 fully saturated rings. The minimum absolute atomic E-state index is 0.0331. The van der Waals surface area contributed by atoms with Crippen LogP contribution in [0.1, 0.15) is 46.9 Å². The van der Waals surface area contributed by atoms with E-state index >= 15 is 0 Å². The van der Waals surface area contributed by atoms with Crippen LogP contribution in [0.2, 0.25) is 0 Å². The zero-order valence-electron chi connectivity index (χ0n) is 17.4. The average molecular weight is 383 g/mol. The first-order valence-corrected chi connectivity index (χ1v) is 9.85. The topological polar surface area (TPSA) is 50.8 Å². The molecule has 0 spiro atoms. The monoisotopic (exact) mass is 382 g/mol. The maximum Gasteiger partial charge on any atom is 0.251 e. The van der Waals surface area contributed by atoms with Gasteiger partial charge in [-0.15, -0.1) is 0 Å². The normalized spacial score (nSPS) is 17.5. The van der Waals surface area contributed by atoms with Crippen molar-refractivity contribution in [2.24, 2.45) is 0 Å². The molecular formula is C23H30N2O3. The zero-order chi connectivity index (χ0) is 20.3. The number of carbonyl (C=O) groups excluding carboxylic acids is 1. The van der Waals surface area contributed by atoms with Gasteiger partial charge in [-0.05, 0) is 61.7 Å². The van der Waals surface area contributed by atoms with Gasteiger partial charge < -0.3 is 14.8 Å². The van der Waals surface area contributed by atoms with Gasteiger partial charge in [0.25, 0.3) is 5.91 Å². The number of fused-ring (bicyclic) bond motifs is 1. The van der Waals surface area contributed by atoms with Gasteiger partial charge in [0, 0.05) is 18.2 Å². The highest BCUT2D eigenvalue weighted by Gasteiger charge is 2.33. The minimum Gasteiger partial charge on any atom is -0.493 e. The first-order chi connectivity index (χ1) is 13.5. The van der Waals surface area contributed by atoms with Gasteiger partial charge in [0.1, 0.15) is 0 Å². The van der Waals surface area contributed by atoms with E-state index in [-0.39, 0.29) is 18.0 Å². The molecule has 1 aliphatic rings. The van der Waals surface area contributed by atoms with E-state index in [1.165, 1.54) is 11.1 Å². The maximum atomic E-state index is 12.9. The van der Waals surface area contributed by atoms with Crippen LogP contribution in [0.25, 0.3) is 0 Å². The second kappa shape index (κ2) is 8.65. The molecule has 0 saturated heterocycles. The number of hydrogen-bond acceptors (Lipinski definition) is 4. The van der Waals surface area contributed by atoms with Crippen molar-refractivity contribution in [3.8, 4) is 11.5 Å². The zero-order valence-corrected chi connectivity index (χ0v) is 17.4. The van der Waals surface area contributed by atoms with Crippen molar-refractivity contribution in [2.75, 3.05) is 27.3 Å². The fourth-order valence-corrected chi connectivity index (χ4v) is 4.16. The lowest BCUT2D eigenvalue weighted by Gasteiger charge is -2.40. The number of amides is 1. The molecule has 0 aromatic heterocycles. The van der Waals surface area contributed by atoms with Crippen LogP contribution in [0.3, 0.4) is 0 Å². The fraction of sp³-hybridized carbons (Fsp3) is 0.435. The lowest BCUT2D eigenvalue weighted by Crippen LogP contribution is -2.47. The summed E-state index contributed by atoms with van der Waals surface area (Å²) in [5.74, 6) is 1.44. The van der Waals surface area contributed by atoms with E-state index in [0.717, 1.165) is 42.1 Å². The summed E-state index contributed by atoms with van der Waals surface area (Å²) in [6.45, 7) is 8.08. The van der Waals surface area contributed by atoms with Crippen molar-refractivity contribution >= 4 is 5.91 Å². The predicted molar refractivity (Wildman–Crippen MR) is 111 cm³/mol. The second-order valence-electron chi connectivity index (χ2n) is 7.31. The predicted octanol–water partition coefficient (Wildman–Crippen LogP) is 3.75. The van der Waals surface area contributed by atoms with Crippen LogP contribution in [-0.4, -0.2) is 44.2 Å². The number of hydrogen-bond donors (Lipinski definition) is 1. The van der Waals surface area contributed by atoms with Crippen molar-refractivity contribution < 1.29 is 14.3 Å². The summed E-state index contributed by atoms with van der Waals surface area (Å²) < 4.78 is 11.0. The number of benzene rings is 2. The van der Waals surface area contributed by atoms with Gasteiger partial charge in [-0.25, -0.2) is 0 Å². The molecule has 0 aliphatic carbocycles. The van der Waals surface area contributed by atoms with E-state index < -0.39 is 0 Å². The SMILES string of the molecule is CCN1CCc2cc(OC)c(OC)cc2[C@@H]1[C@@H](C)NC(=O)c1ccccc1C. The molecular weight excluding hydrogens is 352 g/mol. The van der Waals surface area contributed by atoms with Crippen LogP contribution in [0.4, 0.5) is 0 Å². The standard InChI is InChI=1S/C23H30N2O3/c1-6-25-12-11-17-13-20(27-4)21(28-5)14-19(17)22(25)16(3)24-23(26)18-10-8-7-9-15(18)2/h7-10,13-14,16,22H,6,11-12H2,1-5H3,(H,24,26)/t16-,22+/m1/s1. The molecule has 2 aromatic carbocycles. The van der Waals surface area contributed by atoms with E-state index in [0.29, 0.717) is 0 Å². The molecule has 2 atom stereocenters. The Morgan fingerprint density at radius 3 is 2.54 bits per heavy atom. The molecule has 1 amide bonds. The van der Waals surface area contributed by atoms with E-state index in [1.807, 2.05) is 31.2 Å². The Balaban J connectivity index is 1.93. The van der Waals surface area contributed by atoms with Crippen LogP contribution in [-0.2, 0) is 6.42 Å². The molecule has 150 valence electrons. The molecule has 1 aliphatic heterocycles. The van der Waals surface area contributed by atoms with Gasteiger partial charge in [-0.1, -0.05) is 25.1 Å². The van der Waals surface area contributed by atoms with Gasteiger partial charge >= 0.3 is 0 Å². The van der Waals surface area contributed by atoms with E-state index in [9.17, 15) is 4.79 Å². The van der Waals surface area contributed by atoms with Crippen LogP contribution in [0.5, 0.6) is 11.5 Å². The maximum absolute atomic E-state index is 12.9. The summed E-state index contributed by atoms with van der Waals surface area (Å²) in [5, 5.41) is 3.23. The summed E-state index contributed by atoms with van der Waals surface area (Å²) in [7, 11) is 3.32. The largest absolute Gasteiger partial charge is 0.493 e. The number of likely N-dealkylation sites (N-methyl/N-ethyl adjacent to an activating group) is 1.